The Morgan fingerprint density at radius 3 is 2.62 bits per heavy atom. The summed E-state index contributed by atoms with van der Waals surface area (Å²) >= 11 is 0. The first-order valence-corrected chi connectivity index (χ1v) is 6.70. The molecule has 0 aliphatic rings. The Bertz CT molecular complexity index is 601. The normalized spacial score (nSPS) is 11.9. The average molecular weight is 286 g/mol. The molecule has 0 radical (unpaired) electrons. The maximum Gasteiger partial charge on any atom is 0.255 e. The number of aromatic nitrogens is 1. The molecule has 0 aliphatic heterocycles. The van der Waals surface area contributed by atoms with Crippen molar-refractivity contribution in [2.45, 2.75) is 12.5 Å². The van der Waals surface area contributed by atoms with Gasteiger partial charge in [-0.05, 0) is 18.1 Å². The van der Waals surface area contributed by atoms with Crippen LogP contribution < -0.4 is 0 Å². The summed E-state index contributed by atoms with van der Waals surface area (Å²) in [6, 6.07) is 10.7. The highest BCUT2D eigenvalue weighted by Gasteiger charge is 2.22. The molecule has 0 saturated heterocycles. The molecular formula is C16H18N2O3. The first-order chi connectivity index (χ1) is 10.1. The monoisotopic (exact) mass is 286 g/mol. The fourth-order valence-corrected chi connectivity index (χ4v) is 2.27. The fourth-order valence-electron chi connectivity index (χ4n) is 2.27. The standard InChI is InChI=1S/C16H18N2O3/c1-18(16(21)13-9-14(20)11-17-10-13)15(7-8-19)12-5-3-2-4-6-12/h2-6,9-11,15,19-20H,7-8H2,1H3. The van der Waals surface area contributed by atoms with E-state index in [4.69, 9.17) is 0 Å². The van der Waals surface area contributed by atoms with E-state index in [1.165, 1.54) is 18.5 Å². The highest BCUT2D eigenvalue weighted by molar-refractivity contribution is 5.94. The summed E-state index contributed by atoms with van der Waals surface area (Å²) in [6.45, 7) is -0.0184. The minimum absolute atomic E-state index is 0.0184. The summed E-state index contributed by atoms with van der Waals surface area (Å²) in [4.78, 5) is 17.9. The van der Waals surface area contributed by atoms with Gasteiger partial charge in [-0.25, -0.2) is 0 Å². The van der Waals surface area contributed by atoms with E-state index in [9.17, 15) is 15.0 Å². The summed E-state index contributed by atoms with van der Waals surface area (Å²) in [5.41, 5.74) is 1.27. The zero-order chi connectivity index (χ0) is 15.2. The molecule has 0 spiro atoms. The van der Waals surface area contributed by atoms with Gasteiger partial charge in [0.15, 0.2) is 0 Å². The van der Waals surface area contributed by atoms with Gasteiger partial charge in [0.05, 0.1) is 17.8 Å². The highest BCUT2D eigenvalue weighted by Crippen LogP contribution is 2.24. The van der Waals surface area contributed by atoms with E-state index in [1.54, 1.807) is 11.9 Å². The topological polar surface area (TPSA) is 73.7 Å². The smallest absolute Gasteiger partial charge is 0.255 e. The van der Waals surface area contributed by atoms with Crippen LogP contribution >= 0.6 is 0 Å². The lowest BCUT2D eigenvalue weighted by atomic mass is 10.0. The molecule has 1 heterocycles. The van der Waals surface area contributed by atoms with Gasteiger partial charge in [-0.3, -0.25) is 9.78 Å². The van der Waals surface area contributed by atoms with Crippen molar-refractivity contribution >= 4 is 5.91 Å². The molecule has 5 heteroatoms. The second kappa shape index (κ2) is 6.85. The minimum atomic E-state index is -0.249. The summed E-state index contributed by atoms with van der Waals surface area (Å²) in [7, 11) is 1.68. The van der Waals surface area contributed by atoms with Crippen LogP contribution in [0.4, 0.5) is 0 Å². The number of pyridine rings is 1. The molecule has 21 heavy (non-hydrogen) atoms. The molecule has 0 bridgehead atoms. The van der Waals surface area contributed by atoms with E-state index in [1.807, 2.05) is 30.3 Å². The lowest BCUT2D eigenvalue weighted by molar-refractivity contribution is 0.0704. The summed E-state index contributed by atoms with van der Waals surface area (Å²) in [6.07, 6.45) is 3.14. The average Bonchev–Trinajstić information content (AvgIpc) is 2.52. The van der Waals surface area contributed by atoms with Gasteiger partial charge in [-0.1, -0.05) is 30.3 Å². The number of aromatic hydroxyl groups is 1. The van der Waals surface area contributed by atoms with Gasteiger partial charge < -0.3 is 15.1 Å². The Hall–Kier alpha value is -2.40. The minimum Gasteiger partial charge on any atom is -0.506 e. The molecule has 2 aromatic rings. The summed E-state index contributed by atoms with van der Waals surface area (Å²) in [5.74, 6) is -0.298. The third-order valence-corrected chi connectivity index (χ3v) is 3.35. The van der Waals surface area contributed by atoms with Gasteiger partial charge in [0, 0.05) is 19.9 Å². The molecule has 2 N–H and O–H groups in total. The Morgan fingerprint density at radius 1 is 1.29 bits per heavy atom. The number of hydrogen-bond donors (Lipinski definition) is 2. The molecule has 2 rings (SSSR count). The predicted molar refractivity (Wildman–Crippen MR) is 78.9 cm³/mol. The van der Waals surface area contributed by atoms with Gasteiger partial charge >= 0.3 is 0 Å². The number of aliphatic hydroxyl groups is 1. The molecule has 110 valence electrons. The van der Waals surface area contributed by atoms with Gasteiger partial charge in [-0.15, -0.1) is 0 Å². The number of amides is 1. The Balaban J connectivity index is 2.26. The molecule has 0 aliphatic carbocycles. The van der Waals surface area contributed by atoms with Gasteiger partial charge in [0.25, 0.3) is 5.91 Å². The lowest BCUT2D eigenvalue weighted by Crippen LogP contribution is -2.32. The number of nitrogens with zero attached hydrogens (tertiary/aromatic N) is 2. The summed E-state index contributed by atoms with van der Waals surface area (Å²) < 4.78 is 0. The molecule has 5 nitrogen and oxygen atoms in total. The molecular weight excluding hydrogens is 268 g/mol. The van der Waals surface area contributed by atoms with Crippen LogP contribution in [-0.4, -0.2) is 39.7 Å². The second-order valence-corrected chi connectivity index (χ2v) is 4.79. The lowest BCUT2D eigenvalue weighted by Gasteiger charge is -2.28. The van der Waals surface area contributed by atoms with Gasteiger partial charge in [-0.2, -0.15) is 0 Å². The van der Waals surface area contributed by atoms with E-state index in [0.29, 0.717) is 12.0 Å². The van der Waals surface area contributed by atoms with Crippen LogP contribution in [0.2, 0.25) is 0 Å². The first-order valence-electron chi connectivity index (χ1n) is 6.70. The van der Waals surface area contributed by atoms with Crippen molar-refractivity contribution in [1.82, 2.24) is 9.88 Å². The molecule has 0 saturated carbocycles. The molecule has 1 aromatic heterocycles. The zero-order valence-electron chi connectivity index (χ0n) is 11.8. The number of rotatable bonds is 5. The van der Waals surface area contributed by atoms with Crippen LogP contribution in [0.15, 0.2) is 48.8 Å². The number of aliphatic hydroxyl groups excluding tert-OH is 1. The van der Waals surface area contributed by atoms with E-state index in [0.717, 1.165) is 5.56 Å². The van der Waals surface area contributed by atoms with Crippen LogP contribution in [0.1, 0.15) is 28.4 Å². The number of benzene rings is 1. The largest absolute Gasteiger partial charge is 0.506 e. The van der Waals surface area contributed by atoms with E-state index >= 15 is 0 Å². The van der Waals surface area contributed by atoms with Crippen molar-refractivity contribution in [3.8, 4) is 5.75 Å². The van der Waals surface area contributed by atoms with Gasteiger partial charge in [0.1, 0.15) is 5.75 Å². The maximum absolute atomic E-state index is 12.5. The fraction of sp³-hybridized carbons (Fsp3) is 0.250. The van der Waals surface area contributed by atoms with Crippen LogP contribution in [-0.2, 0) is 0 Å². The van der Waals surface area contributed by atoms with E-state index in [-0.39, 0.29) is 24.3 Å². The molecule has 1 unspecified atom stereocenters. The quantitative estimate of drug-likeness (QED) is 0.881. The van der Waals surface area contributed by atoms with Gasteiger partial charge in [0.2, 0.25) is 0 Å². The zero-order valence-corrected chi connectivity index (χ0v) is 11.8. The van der Waals surface area contributed by atoms with Crippen molar-refractivity contribution < 1.29 is 15.0 Å². The van der Waals surface area contributed by atoms with Crippen LogP contribution in [0.25, 0.3) is 0 Å². The third-order valence-electron chi connectivity index (χ3n) is 3.35. The van der Waals surface area contributed by atoms with Crippen molar-refractivity contribution in [3.05, 3.63) is 59.9 Å². The second-order valence-electron chi connectivity index (χ2n) is 4.79. The molecule has 0 fully saturated rings. The number of carbonyl (C=O) groups is 1. The maximum atomic E-state index is 12.5. The van der Waals surface area contributed by atoms with Crippen molar-refractivity contribution in [2.75, 3.05) is 13.7 Å². The summed E-state index contributed by atoms with van der Waals surface area (Å²) in [5, 5.41) is 18.7. The molecule has 1 atom stereocenters. The Morgan fingerprint density at radius 2 is 2.00 bits per heavy atom. The van der Waals surface area contributed by atoms with Crippen molar-refractivity contribution in [1.29, 1.82) is 0 Å². The third kappa shape index (κ3) is 3.58. The predicted octanol–water partition coefficient (Wildman–Crippen LogP) is 1.98. The highest BCUT2D eigenvalue weighted by atomic mass is 16.3. The first kappa shape index (κ1) is 15.0. The van der Waals surface area contributed by atoms with E-state index in [2.05, 4.69) is 4.98 Å². The Labute approximate surface area is 123 Å². The van der Waals surface area contributed by atoms with Crippen LogP contribution in [0.5, 0.6) is 5.75 Å². The van der Waals surface area contributed by atoms with Crippen molar-refractivity contribution in [2.24, 2.45) is 0 Å². The molecule has 1 amide bonds. The van der Waals surface area contributed by atoms with Crippen LogP contribution in [0.3, 0.4) is 0 Å². The number of hydrogen-bond acceptors (Lipinski definition) is 4. The van der Waals surface area contributed by atoms with E-state index < -0.39 is 0 Å². The van der Waals surface area contributed by atoms with Crippen molar-refractivity contribution in [3.63, 3.8) is 0 Å². The number of carbonyl (C=O) groups excluding carboxylic acids is 1. The van der Waals surface area contributed by atoms with Crippen LogP contribution in [0, 0.1) is 0 Å². The SMILES string of the molecule is CN(C(=O)c1cncc(O)c1)C(CCO)c1ccccc1. The Kier molecular flexibility index (Phi) is 4.90. The molecule has 1 aromatic carbocycles.